The summed E-state index contributed by atoms with van der Waals surface area (Å²) in [4.78, 5) is 0.308. The summed E-state index contributed by atoms with van der Waals surface area (Å²) in [6, 6.07) is 13.0. The highest BCUT2D eigenvalue weighted by atomic mass is 32.2. The van der Waals surface area contributed by atoms with Crippen molar-refractivity contribution < 1.29 is 13.2 Å². The van der Waals surface area contributed by atoms with E-state index in [-0.39, 0.29) is 5.41 Å². The Labute approximate surface area is 143 Å². The molecule has 0 aliphatic carbocycles. The van der Waals surface area contributed by atoms with E-state index in [1.807, 2.05) is 30.3 Å². The molecule has 1 fully saturated rings. The Kier molecular flexibility index (Phi) is 5.20. The highest BCUT2D eigenvalue weighted by molar-refractivity contribution is 7.89. The summed E-state index contributed by atoms with van der Waals surface area (Å²) in [5, 5.41) is 5.27. The monoisotopic (exact) mass is 348 g/mol. The molecule has 2 N–H and O–H groups in total. The lowest BCUT2D eigenvalue weighted by molar-refractivity contribution is 0.0577. The second-order valence-electron chi connectivity index (χ2n) is 6.52. The summed E-state index contributed by atoms with van der Waals surface area (Å²) in [5.41, 5.74) is -0.135. The van der Waals surface area contributed by atoms with Gasteiger partial charge in [0.25, 0.3) is 0 Å². The van der Waals surface area contributed by atoms with E-state index in [1.165, 1.54) is 0 Å². The van der Waals surface area contributed by atoms with E-state index >= 15 is 0 Å². The van der Waals surface area contributed by atoms with Crippen molar-refractivity contribution in [3.05, 3.63) is 42.5 Å². The fourth-order valence-electron chi connectivity index (χ4n) is 3.30. The van der Waals surface area contributed by atoms with Crippen molar-refractivity contribution in [2.24, 2.45) is 5.41 Å². The first kappa shape index (κ1) is 17.4. The van der Waals surface area contributed by atoms with Gasteiger partial charge in [0.2, 0.25) is 10.0 Å². The largest absolute Gasteiger partial charge is 0.384 e. The minimum absolute atomic E-state index is 0.135. The summed E-state index contributed by atoms with van der Waals surface area (Å²) in [5.74, 6) is 0. The van der Waals surface area contributed by atoms with E-state index in [0.717, 1.165) is 36.7 Å². The van der Waals surface area contributed by atoms with E-state index in [0.29, 0.717) is 18.0 Å². The summed E-state index contributed by atoms with van der Waals surface area (Å²) >= 11 is 0. The number of methoxy groups -OCH3 is 1. The van der Waals surface area contributed by atoms with Crippen LogP contribution in [0.4, 0.5) is 0 Å². The molecule has 1 aliphatic heterocycles. The van der Waals surface area contributed by atoms with Crippen molar-refractivity contribution in [2.75, 3.05) is 33.4 Å². The van der Waals surface area contributed by atoms with Crippen molar-refractivity contribution in [3.8, 4) is 0 Å². The van der Waals surface area contributed by atoms with Crippen LogP contribution in [0.1, 0.15) is 12.8 Å². The maximum atomic E-state index is 12.7. The van der Waals surface area contributed by atoms with Crippen LogP contribution in [-0.4, -0.2) is 41.8 Å². The van der Waals surface area contributed by atoms with Crippen LogP contribution in [0.3, 0.4) is 0 Å². The molecular weight excluding hydrogens is 324 g/mol. The van der Waals surface area contributed by atoms with Gasteiger partial charge in [0, 0.05) is 19.1 Å². The molecule has 0 amide bonds. The van der Waals surface area contributed by atoms with Gasteiger partial charge in [0.15, 0.2) is 0 Å². The second-order valence-corrected chi connectivity index (χ2v) is 8.28. The van der Waals surface area contributed by atoms with E-state index in [1.54, 1.807) is 19.2 Å². The normalized spacial score (nSPS) is 17.9. The number of ether oxygens (including phenoxy) is 1. The number of benzene rings is 2. The summed E-state index contributed by atoms with van der Waals surface area (Å²) in [6.45, 7) is 2.74. The molecule has 1 aliphatic rings. The molecule has 0 unspecified atom stereocenters. The standard InChI is InChI=1S/C18H24N2O3S/c1-23-14-18(8-10-19-11-9-18)13-20-24(21,22)17-7-6-15-4-2-3-5-16(15)12-17/h2-7,12,19-20H,8-11,13-14H2,1H3. The van der Waals surface area contributed by atoms with Crippen LogP contribution < -0.4 is 10.0 Å². The predicted molar refractivity (Wildman–Crippen MR) is 95.5 cm³/mol. The van der Waals surface area contributed by atoms with Gasteiger partial charge in [-0.25, -0.2) is 13.1 Å². The van der Waals surface area contributed by atoms with Gasteiger partial charge < -0.3 is 10.1 Å². The Morgan fingerprint density at radius 3 is 2.54 bits per heavy atom. The number of hydrogen-bond acceptors (Lipinski definition) is 4. The van der Waals surface area contributed by atoms with Crippen molar-refractivity contribution >= 4 is 20.8 Å². The molecule has 0 radical (unpaired) electrons. The molecule has 0 bridgehead atoms. The average molecular weight is 348 g/mol. The van der Waals surface area contributed by atoms with Crippen LogP contribution in [-0.2, 0) is 14.8 Å². The zero-order valence-electron chi connectivity index (χ0n) is 13.9. The summed E-state index contributed by atoms with van der Waals surface area (Å²) < 4.78 is 33.5. The molecule has 0 spiro atoms. The van der Waals surface area contributed by atoms with Crippen molar-refractivity contribution in [1.82, 2.24) is 10.0 Å². The molecule has 6 heteroatoms. The van der Waals surface area contributed by atoms with Crippen molar-refractivity contribution in [2.45, 2.75) is 17.7 Å². The molecule has 0 atom stereocenters. The molecule has 0 saturated carbocycles. The van der Waals surface area contributed by atoms with E-state index in [2.05, 4.69) is 10.0 Å². The topological polar surface area (TPSA) is 67.4 Å². The van der Waals surface area contributed by atoms with Crippen LogP contribution in [0, 0.1) is 5.41 Å². The molecule has 0 aromatic heterocycles. The number of hydrogen-bond donors (Lipinski definition) is 2. The maximum absolute atomic E-state index is 12.7. The lowest BCUT2D eigenvalue weighted by Gasteiger charge is -2.37. The predicted octanol–water partition coefficient (Wildman–Crippen LogP) is 2.13. The highest BCUT2D eigenvalue weighted by Gasteiger charge is 2.33. The van der Waals surface area contributed by atoms with Crippen molar-refractivity contribution in [1.29, 1.82) is 0 Å². The zero-order chi connectivity index (χ0) is 17.0. The van der Waals surface area contributed by atoms with Gasteiger partial charge in [-0.15, -0.1) is 0 Å². The van der Waals surface area contributed by atoms with Gasteiger partial charge in [-0.3, -0.25) is 0 Å². The number of fused-ring (bicyclic) bond motifs is 1. The smallest absolute Gasteiger partial charge is 0.240 e. The molecular formula is C18H24N2O3S. The van der Waals surface area contributed by atoms with E-state index in [9.17, 15) is 8.42 Å². The Bertz CT molecular complexity index is 793. The molecule has 5 nitrogen and oxygen atoms in total. The highest BCUT2D eigenvalue weighted by Crippen LogP contribution is 2.29. The first-order chi connectivity index (χ1) is 11.5. The van der Waals surface area contributed by atoms with Gasteiger partial charge in [-0.2, -0.15) is 0 Å². The van der Waals surface area contributed by atoms with Gasteiger partial charge in [0.05, 0.1) is 11.5 Å². The number of sulfonamides is 1. The van der Waals surface area contributed by atoms with Gasteiger partial charge >= 0.3 is 0 Å². The average Bonchev–Trinajstić information content (AvgIpc) is 2.61. The molecule has 3 rings (SSSR count). The SMILES string of the molecule is COCC1(CNS(=O)(=O)c2ccc3ccccc3c2)CCNCC1. The third kappa shape index (κ3) is 3.78. The van der Waals surface area contributed by atoms with E-state index < -0.39 is 10.0 Å². The molecule has 2 aromatic rings. The molecule has 130 valence electrons. The molecule has 2 aromatic carbocycles. The van der Waals surface area contributed by atoms with E-state index in [4.69, 9.17) is 4.74 Å². The van der Waals surface area contributed by atoms with Gasteiger partial charge in [-0.1, -0.05) is 30.3 Å². The number of rotatable bonds is 6. The van der Waals surface area contributed by atoms with Crippen LogP contribution in [0.5, 0.6) is 0 Å². The minimum Gasteiger partial charge on any atom is -0.384 e. The lowest BCUT2D eigenvalue weighted by Crippen LogP contribution is -2.47. The molecule has 1 saturated heterocycles. The van der Waals surface area contributed by atoms with Crippen LogP contribution >= 0.6 is 0 Å². The maximum Gasteiger partial charge on any atom is 0.240 e. The number of piperidine rings is 1. The fourth-order valence-corrected chi connectivity index (χ4v) is 4.49. The Balaban J connectivity index is 1.79. The first-order valence-corrected chi connectivity index (χ1v) is 9.71. The zero-order valence-corrected chi connectivity index (χ0v) is 14.7. The minimum atomic E-state index is -3.53. The summed E-state index contributed by atoms with van der Waals surface area (Å²) in [7, 11) is -1.87. The third-order valence-electron chi connectivity index (χ3n) is 4.78. The van der Waals surface area contributed by atoms with Crippen molar-refractivity contribution in [3.63, 3.8) is 0 Å². The van der Waals surface area contributed by atoms with Gasteiger partial charge in [0.1, 0.15) is 0 Å². The Morgan fingerprint density at radius 1 is 1.12 bits per heavy atom. The summed E-state index contributed by atoms with van der Waals surface area (Å²) in [6.07, 6.45) is 1.81. The third-order valence-corrected chi connectivity index (χ3v) is 6.18. The van der Waals surface area contributed by atoms with Crippen LogP contribution in [0.2, 0.25) is 0 Å². The quantitative estimate of drug-likeness (QED) is 0.839. The molecule has 24 heavy (non-hydrogen) atoms. The Hall–Kier alpha value is -1.47. The number of nitrogens with one attached hydrogen (secondary N) is 2. The second kappa shape index (κ2) is 7.19. The van der Waals surface area contributed by atoms with Crippen LogP contribution in [0.15, 0.2) is 47.4 Å². The molecule has 1 heterocycles. The fraction of sp³-hybridized carbons (Fsp3) is 0.444. The lowest BCUT2D eigenvalue weighted by atomic mass is 9.80. The first-order valence-electron chi connectivity index (χ1n) is 8.23. The van der Waals surface area contributed by atoms with Crippen LogP contribution in [0.25, 0.3) is 10.8 Å². The Morgan fingerprint density at radius 2 is 1.83 bits per heavy atom. The van der Waals surface area contributed by atoms with Gasteiger partial charge in [-0.05, 0) is 48.8 Å².